The largest absolute Gasteiger partial charge is 0.340 e. The van der Waals surface area contributed by atoms with Gasteiger partial charge in [-0.2, -0.15) is 0 Å². The molecule has 1 saturated heterocycles. The van der Waals surface area contributed by atoms with E-state index in [9.17, 15) is 13.2 Å². The lowest BCUT2D eigenvalue weighted by molar-refractivity contribution is -0.138. The fourth-order valence-corrected chi connectivity index (χ4v) is 5.99. The minimum Gasteiger partial charge on any atom is -0.340 e. The average molecular weight is 421 g/mol. The van der Waals surface area contributed by atoms with Crippen LogP contribution in [0.5, 0.6) is 0 Å². The van der Waals surface area contributed by atoms with E-state index < -0.39 is 15.4 Å². The van der Waals surface area contributed by atoms with E-state index in [1.165, 1.54) is 14.7 Å². The van der Waals surface area contributed by atoms with Gasteiger partial charge in [-0.15, -0.1) is 11.3 Å². The zero-order valence-electron chi connectivity index (χ0n) is 16.7. The van der Waals surface area contributed by atoms with Gasteiger partial charge in [0.15, 0.2) is 0 Å². The van der Waals surface area contributed by atoms with E-state index in [4.69, 9.17) is 0 Å². The zero-order valence-corrected chi connectivity index (χ0v) is 18.4. The second kappa shape index (κ2) is 8.35. The van der Waals surface area contributed by atoms with Gasteiger partial charge >= 0.3 is 0 Å². The number of carbonyl (C=O) groups excluding carboxylic acids is 1. The van der Waals surface area contributed by atoms with Crippen molar-refractivity contribution >= 4 is 27.3 Å². The lowest BCUT2D eigenvalue weighted by atomic mass is 9.72. The van der Waals surface area contributed by atoms with Crippen LogP contribution in [0.25, 0.3) is 0 Å². The van der Waals surface area contributed by atoms with Crippen molar-refractivity contribution in [2.75, 3.05) is 25.9 Å². The number of hydrogen-bond acceptors (Lipinski definition) is 4. The molecule has 0 spiro atoms. The fourth-order valence-electron chi connectivity index (χ4n) is 3.93. The van der Waals surface area contributed by atoms with Gasteiger partial charge in [0.25, 0.3) is 0 Å². The molecule has 2 aromatic rings. The minimum atomic E-state index is -3.24. The first-order valence-electron chi connectivity index (χ1n) is 9.62. The smallest absolute Gasteiger partial charge is 0.233 e. The lowest BCUT2D eigenvalue weighted by Crippen LogP contribution is -2.53. The van der Waals surface area contributed by atoms with Gasteiger partial charge in [-0.1, -0.05) is 30.3 Å². The van der Waals surface area contributed by atoms with Gasteiger partial charge in [-0.3, -0.25) is 4.79 Å². The number of likely N-dealkylation sites (N-methyl/N-ethyl adjacent to an activating group) is 1. The van der Waals surface area contributed by atoms with Crippen LogP contribution in [0, 0.1) is 6.92 Å². The highest BCUT2D eigenvalue weighted by atomic mass is 32.2. The van der Waals surface area contributed by atoms with Crippen LogP contribution in [0.4, 0.5) is 0 Å². The number of carbonyl (C=O) groups is 1. The Hall–Kier alpha value is -1.70. The summed E-state index contributed by atoms with van der Waals surface area (Å²) in [7, 11) is -1.39. The molecule has 0 N–H and O–H groups in total. The highest BCUT2D eigenvalue weighted by Gasteiger charge is 2.45. The van der Waals surface area contributed by atoms with E-state index in [1.54, 1.807) is 23.2 Å². The van der Waals surface area contributed by atoms with Crippen LogP contribution in [0.15, 0.2) is 41.8 Å². The lowest BCUT2D eigenvalue weighted by Gasteiger charge is -2.42. The van der Waals surface area contributed by atoms with Gasteiger partial charge in [0.2, 0.25) is 15.9 Å². The summed E-state index contributed by atoms with van der Waals surface area (Å²) in [6, 6.07) is 11.9. The number of sulfonamides is 1. The van der Waals surface area contributed by atoms with E-state index in [1.807, 2.05) is 42.8 Å². The number of rotatable bonds is 6. The van der Waals surface area contributed by atoms with E-state index >= 15 is 0 Å². The molecule has 3 rings (SSSR count). The highest BCUT2D eigenvalue weighted by Crippen LogP contribution is 2.38. The number of aryl methyl sites for hydroxylation is 1. The van der Waals surface area contributed by atoms with Crippen molar-refractivity contribution in [3.05, 3.63) is 57.8 Å². The quantitative estimate of drug-likeness (QED) is 0.720. The molecule has 1 aliphatic rings. The summed E-state index contributed by atoms with van der Waals surface area (Å²) < 4.78 is 26.1. The Bertz CT molecular complexity index is 914. The third-order valence-electron chi connectivity index (χ3n) is 5.77. The number of amides is 1. The molecule has 1 fully saturated rings. The van der Waals surface area contributed by atoms with E-state index in [-0.39, 0.29) is 11.7 Å². The molecular formula is C21H28N2O3S2. The first-order chi connectivity index (χ1) is 13.3. The van der Waals surface area contributed by atoms with Crippen molar-refractivity contribution in [1.82, 2.24) is 9.21 Å². The predicted octanol–water partition coefficient (Wildman–Crippen LogP) is 3.40. The monoisotopic (exact) mass is 420 g/mol. The van der Waals surface area contributed by atoms with E-state index in [2.05, 4.69) is 13.0 Å². The highest BCUT2D eigenvalue weighted by molar-refractivity contribution is 7.89. The summed E-state index contributed by atoms with van der Waals surface area (Å²) in [5, 5.41) is 2.05. The Kier molecular flexibility index (Phi) is 6.27. The number of hydrogen-bond donors (Lipinski definition) is 0. The van der Waals surface area contributed by atoms with Crippen LogP contribution in [0.2, 0.25) is 0 Å². The molecular weight excluding hydrogens is 392 g/mol. The molecule has 0 unspecified atom stereocenters. The molecule has 0 bridgehead atoms. The van der Waals surface area contributed by atoms with Gasteiger partial charge in [-0.25, -0.2) is 12.7 Å². The van der Waals surface area contributed by atoms with Gasteiger partial charge in [-0.05, 0) is 49.3 Å². The topological polar surface area (TPSA) is 57.7 Å². The van der Waals surface area contributed by atoms with E-state index in [0.29, 0.717) is 32.5 Å². The maximum atomic E-state index is 13.6. The standard InChI is InChI=1S/C21H28N2O3S2/c1-4-28(25,26)23-13-11-21(12-14-23,18-8-6-5-7-9-18)20(24)22(3)16-19-17(2)10-15-27-19/h5-10,15H,4,11-14,16H2,1-3H3. The molecule has 0 radical (unpaired) electrons. The van der Waals surface area contributed by atoms with Gasteiger partial charge in [0.1, 0.15) is 0 Å². The Morgan fingerprint density at radius 3 is 2.36 bits per heavy atom. The third kappa shape index (κ3) is 4.02. The van der Waals surface area contributed by atoms with Crippen molar-refractivity contribution in [1.29, 1.82) is 0 Å². The van der Waals surface area contributed by atoms with Crippen molar-refractivity contribution in [3.8, 4) is 0 Å². The number of piperidine rings is 1. The van der Waals surface area contributed by atoms with Crippen LogP contribution in [0.3, 0.4) is 0 Å². The van der Waals surface area contributed by atoms with Crippen LogP contribution >= 0.6 is 11.3 Å². The van der Waals surface area contributed by atoms with Gasteiger partial charge in [0.05, 0.1) is 17.7 Å². The molecule has 1 amide bonds. The SMILES string of the molecule is CCS(=O)(=O)N1CCC(C(=O)N(C)Cc2sccc2C)(c2ccccc2)CC1. The maximum Gasteiger partial charge on any atom is 0.233 e. The first-order valence-corrected chi connectivity index (χ1v) is 12.1. The number of nitrogens with zero attached hydrogens (tertiary/aromatic N) is 2. The summed E-state index contributed by atoms with van der Waals surface area (Å²) in [4.78, 5) is 16.6. The van der Waals surface area contributed by atoms with E-state index in [0.717, 1.165) is 5.56 Å². The van der Waals surface area contributed by atoms with Crippen LogP contribution < -0.4 is 0 Å². The molecule has 7 heteroatoms. The molecule has 1 aromatic heterocycles. The second-order valence-electron chi connectivity index (χ2n) is 7.44. The Morgan fingerprint density at radius 1 is 1.18 bits per heavy atom. The number of thiophene rings is 1. The third-order valence-corrected chi connectivity index (χ3v) is 8.65. The Morgan fingerprint density at radius 2 is 1.82 bits per heavy atom. The predicted molar refractivity (Wildman–Crippen MR) is 114 cm³/mol. The molecule has 0 atom stereocenters. The Balaban J connectivity index is 1.88. The minimum absolute atomic E-state index is 0.0695. The molecule has 0 aliphatic carbocycles. The molecule has 2 heterocycles. The maximum absolute atomic E-state index is 13.6. The summed E-state index contributed by atoms with van der Waals surface area (Å²) in [5.74, 6) is 0.164. The van der Waals surface area contributed by atoms with Crippen LogP contribution in [-0.4, -0.2) is 49.4 Å². The molecule has 1 aromatic carbocycles. The molecule has 1 aliphatic heterocycles. The second-order valence-corrected chi connectivity index (χ2v) is 10.7. The Labute approximate surface area is 172 Å². The zero-order chi connectivity index (χ0) is 20.4. The summed E-state index contributed by atoms with van der Waals surface area (Å²) >= 11 is 1.66. The van der Waals surface area contributed by atoms with Crippen molar-refractivity contribution in [2.45, 2.75) is 38.6 Å². The van der Waals surface area contributed by atoms with Crippen molar-refractivity contribution in [2.24, 2.45) is 0 Å². The summed E-state index contributed by atoms with van der Waals surface area (Å²) in [6.45, 7) is 5.06. The first kappa shape index (κ1) is 21.0. The van der Waals surface area contributed by atoms with Crippen molar-refractivity contribution < 1.29 is 13.2 Å². The fraction of sp³-hybridized carbons (Fsp3) is 0.476. The van der Waals surface area contributed by atoms with Crippen LogP contribution in [0.1, 0.15) is 35.8 Å². The molecule has 5 nitrogen and oxygen atoms in total. The molecule has 28 heavy (non-hydrogen) atoms. The van der Waals surface area contributed by atoms with Gasteiger partial charge in [0, 0.05) is 25.0 Å². The normalized spacial score (nSPS) is 17.4. The summed E-state index contributed by atoms with van der Waals surface area (Å²) in [6.07, 6.45) is 1.01. The summed E-state index contributed by atoms with van der Waals surface area (Å²) in [5.41, 5.74) is 1.49. The van der Waals surface area contributed by atoms with Crippen molar-refractivity contribution in [3.63, 3.8) is 0 Å². The number of benzene rings is 1. The average Bonchev–Trinajstić information content (AvgIpc) is 3.12. The molecule has 152 valence electrons. The van der Waals surface area contributed by atoms with Crippen LogP contribution in [-0.2, 0) is 26.8 Å². The molecule has 0 saturated carbocycles. The van der Waals surface area contributed by atoms with Gasteiger partial charge < -0.3 is 4.90 Å².